The molecule has 0 unspecified atom stereocenters. The lowest BCUT2D eigenvalue weighted by Gasteiger charge is -2.07. The van der Waals surface area contributed by atoms with E-state index in [9.17, 15) is 4.79 Å². The minimum absolute atomic E-state index is 0.105. The van der Waals surface area contributed by atoms with Gasteiger partial charge in [-0.25, -0.2) is 0 Å². The van der Waals surface area contributed by atoms with Crippen LogP contribution in [-0.2, 0) is 9.53 Å². The van der Waals surface area contributed by atoms with Crippen molar-refractivity contribution in [2.45, 2.75) is 25.0 Å². The molecule has 0 aliphatic rings. The van der Waals surface area contributed by atoms with Crippen LogP contribution in [0.2, 0.25) is 0 Å². The van der Waals surface area contributed by atoms with Gasteiger partial charge in [0.05, 0.1) is 11.9 Å². The first-order chi connectivity index (χ1) is 10.6. The maximum Gasteiger partial charge on any atom is 0.316 e. The van der Waals surface area contributed by atoms with Gasteiger partial charge in [-0.2, -0.15) is 21.0 Å². The molecule has 8 heteroatoms. The van der Waals surface area contributed by atoms with Crippen molar-refractivity contribution in [1.29, 1.82) is 0 Å². The summed E-state index contributed by atoms with van der Waals surface area (Å²) in [6, 6.07) is 5.64. The first-order valence-electron chi connectivity index (χ1n) is 6.71. The van der Waals surface area contributed by atoms with Crippen LogP contribution < -0.4 is 0 Å². The van der Waals surface area contributed by atoms with Crippen molar-refractivity contribution in [3.05, 3.63) is 29.0 Å². The van der Waals surface area contributed by atoms with Crippen molar-refractivity contribution in [3.63, 3.8) is 0 Å². The summed E-state index contributed by atoms with van der Waals surface area (Å²) in [5.41, 5.74) is 1.65. The van der Waals surface area contributed by atoms with Crippen molar-refractivity contribution in [2.75, 3.05) is 5.75 Å². The molecule has 114 valence electrons. The van der Waals surface area contributed by atoms with Gasteiger partial charge in [0.2, 0.25) is 0 Å². The number of hydrogen-bond acceptors (Lipinski definition) is 7. The van der Waals surface area contributed by atoms with Crippen molar-refractivity contribution in [3.8, 4) is 11.4 Å². The van der Waals surface area contributed by atoms with E-state index in [1.165, 1.54) is 11.8 Å². The molecule has 0 saturated carbocycles. The molecule has 0 radical (unpaired) electrons. The van der Waals surface area contributed by atoms with Gasteiger partial charge in [0, 0.05) is 10.9 Å². The molecule has 0 spiro atoms. The van der Waals surface area contributed by atoms with Crippen molar-refractivity contribution in [1.82, 2.24) is 19.8 Å². The molecule has 0 aliphatic heterocycles. The minimum atomic E-state index is -0.247. The van der Waals surface area contributed by atoms with Crippen LogP contribution >= 0.6 is 23.1 Å². The Bertz CT molecular complexity index is 783. The Hall–Kier alpha value is -1.93. The van der Waals surface area contributed by atoms with Crippen LogP contribution in [-0.4, -0.2) is 37.6 Å². The Morgan fingerprint density at radius 3 is 2.95 bits per heavy atom. The van der Waals surface area contributed by atoms with Crippen molar-refractivity contribution in [2.24, 2.45) is 0 Å². The molecule has 0 fully saturated rings. The van der Waals surface area contributed by atoms with E-state index in [4.69, 9.17) is 4.74 Å². The zero-order valence-electron chi connectivity index (χ0n) is 12.1. The Morgan fingerprint density at radius 1 is 1.36 bits per heavy atom. The molecule has 0 bridgehead atoms. The number of carbonyl (C=O) groups is 1. The van der Waals surface area contributed by atoms with E-state index in [1.807, 2.05) is 42.8 Å². The van der Waals surface area contributed by atoms with Crippen LogP contribution in [0.4, 0.5) is 0 Å². The topological polar surface area (TPSA) is 69.4 Å². The highest BCUT2D eigenvalue weighted by Gasteiger charge is 2.12. The SMILES string of the molecule is CC(C)OC(=O)CSc1ccc2nnc(-c3ccsc3)n2n1. The van der Waals surface area contributed by atoms with Gasteiger partial charge in [-0.15, -0.1) is 10.2 Å². The smallest absolute Gasteiger partial charge is 0.316 e. The molecule has 0 amide bonds. The summed E-state index contributed by atoms with van der Waals surface area (Å²) >= 11 is 2.93. The van der Waals surface area contributed by atoms with E-state index >= 15 is 0 Å². The summed E-state index contributed by atoms with van der Waals surface area (Å²) in [6.07, 6.45) is -0.105. The third kappa shape index (κ3) is 3.28. The Morgan fingerprint density at radius 2 is 2.23 bits per heavy atom. The van der Waals surface area contributed by atoms with Crippen molar-refractivity contribution >= 4 is 34.7 Å². The predicted octanol–water partition coefficient (Wildman–Crippen LogP) is 2.90. The van der Waals surface area contributed by atoms with Crippen LogP contribution in [0.3, 0.4) is 0 Å². The molecule has 3 aromatic rings. The number of hydrogen-bond donors (Lipinski definition) is 0. The molecule has 3 aromatic heterocycles. The number of aromatic nitrogens is 4. The van der Waals surface area contributed by atoms with E-state index in [0.29, 0.717) is 11.5 Å². The normalized spacial score (nSPS) is 11.2. The van der Waals surface area contributed by atoms with E-state index in [0.717, 1.165) is 10.6 Å². The fourth-order valence-electron chi connectivity index (χ4n) is 1.85. The average Bonchev–Trinajstić information content (AvgIpc) is 3.12. The molecule has 3 heterocycles. The third-order valence-corrected chi connectivity index (χ3v) is 4.30. The van der Waals surface area contributed by atoms with Gasteiger partial charge in [0.15, 0.2) is 11.5 Å². The number of fused-ring (bicyclic) bond motifs is 1. The summed E-state index contributed by atoms with van der Waals surface area (Å²) in [6.45, 7) is 3.66. The van der Waals surface area contributed by atoms with Gasteiger partial charge in [-0.3, -0.25) is 4.79 Å². The van der Waals surface area contributed by atoms with Gasteiger partial charge in [0.1, 0.15) is 5.03 Å². The maximum atomic E-state index is 11.6. The second-order valence-corrected chi connectivity index (χ2v) is 6.58. The van der Waals surface area contributed by atoms with Gasteiger partial charge in [-0.05, 0) is 37.4 Å². The van der Waals surface area contributed by atoms with Gasteiger partial charge in [0.25, 0.3) is 0 Å². The van der Waals surface area contributed by atoms with Crippen molar-refractivity contribution < 1.29 is 9.53 Å². The van der Waals surface area contributed by atoms with Gasteiger partial charge < -0.3 is 4.74 Å². The molecular formula is C14H14N4O2S2. The number of thioether (sulfide) groups is 1. The average molecular weight is 334 g/mol. The zero-order chi connectivity index (χ0) is 15.5. The lowest BCUT2D eigenvalue weighted by Crippen LogP contribution is -2.13. The molecule has 3 rings (SSSR count). The van der Waals surface area contributed by atoms with Crippen LogP contribution in [0.25, 0.3) is 17.0 Å². The Balaban J connectivity index is 1.80. The number of carbonyl (C=O) groups excluding carboxylic acids is 1. The molecule has 0 aliphatic carbocycles. The standard InChI is InChI=1S/C14H14N4O2S2/c1-9(2)20-13(19)8-22-12-4-3-11-15-16-14(18(11)17-12)10-5-6-21-7-10/h3-7,9H,8H2,1-2H3. The molecule has 0 aromatic carbocycles. The molecule has 22 heavy (non-hydrogen) atoms. The number of rotatable bonds is 5. The monoisotopic (exact) mass is 334 g/mol. The number of esters is 1. The number of nitrogens with zero attached hydrogens (tertiary/aromatic N) is 4. The molecular weight excluding hydrogens is 320 g/mol. The fourth-order valence-corrected chi connectivity index (χ4v) is 3.12. The second-order valence-electron chi connectivity index (χ2n) is 4.80. The highest BCUT2D eigenvalue weighted by atomic mass is 32.2. The Labute approximate surface area is 135 Å². The number of thiophene rings is 1. The zero-order valence-corrected chi connectivity index (χ0v) is 13.7. The highest BCUT2D eigenvalue weighted by molar-refractivity contribution is 7.99. The molecule has 0 N–H and O–H groups in total. The van der Waals surface area contributed by atoms with Crippen LogP contribution in [0, 0.1) is 0 Å². The van der Waals surface area contributed by atoms with E-state index in [-0.39, 0.29) is 17.8 Å². The molecule has 0 atom stereocenters. The third-order valence-electron chi connectivity index (χ3n) is 2.72. The van der Waals surface area contributed by atoms with Crippen LogP contribution in [0.1, 0.15) is 13.8 Å². The maximum absolute atomic E-state index is 11.6. The highest BCUT2D eigenvalue weighted by Crippen LogP contribution is 2.22. The van der Waals surface area contributed by atoms with Gasteiger partial charge in [-0.1, -0.05) is 11.8 Å². The van der Waals surface area contributed by atoms with Crippen LogP contribution in [0.5, 0.6) is 0 Å². The Kier molecular flexibility index (Phi) is 4.39. The number of ether oxygens (including phenoxy) is 1. The summed E-state index contributed by atoms with van der Waals surface area (Å²) in [5.74, 6) is 0.680. The predicted molar refractivity (Wildman–Crippen MR) is 86.0 cm³/mol. The summed E-state index contributed by atoms with van der Waals surface area (Å²) in [5, 5.41) is 17.5. The summed E-state index contributed by atoms with van der Waals surface area (Å²) in [4.78, 5) is 11.6. The second kappa shape index (κ2) is 6.45. The molecule has 0 saturated heterocycles. The summed E-state index contributed by atoms with van der Waals surface area (Å²) < 4.78 is 6.80. The molecule has 6 nitrogen and oxygen atoms in total. The van der Waals surface area contributed by atoms with E-state index in [2.05, 4.69) is 15.3 Å². The quantitative estimate of drug-likeness (QED) is 0.528. The van der Waals surface area contributed by atoms with E-state index in [1.54, 1.807) is 15.9 Å². The largest absolute Gasteiger partial charge is 0.462 e. The van der Waals surface area contributed by atoms with Gasteiger partial charge >= 0.3 is 5.97 Å². The lowest BCUT2D eigenvalue weighted by molar-refractivity contribution is -0.144. The fraction of sp³-hybridized carbons (Fsp3) is 0.286. The first kappa shape index (κ1) is 15.0. The van der Waals surface area contributed by atoms with E-state index < -0.39 is 0 Å². The minimum Gasteiger partial charge on any atom is -0.462 e. The van der Waals surface area contributed by atoms with Crippen LogP contribution in [0.15, 0.2) is 34.0 Å². The first-order valence-corrected chi connectivity index (χ1v) is 8.63. The summed E-state index contributed by atoms with van der Waals surface area (Å²) in [7, 11) is 0. The lowest BCUT2D eigenvalue weighted by atomic mass is 10.3.